The summed E-state index contributed by atoms with van der Waals surface area (Å²) in [6.07, 6.45) is 6.68. The van der Waals surface area contributed by atoms with Crippen LogP contribution in [0.1, 0.15) is 46.0 Å². The molecule has 2 saturated carbocycles. The standard InChI is InChI=1S/C16H33N3/c1-15(2)10-7-13(14(15)17)11-19(5)12-16(18(3)4)8-6-9-16/h13-14H,6-12,17H2,1-5H3. The van der Waals surface area contributed by atoms with Crippen LogP contribution in [0.2, 0.25) is 0 Å². The second-order valence-electron chi connectivity index (χ2n) is 7.98. The lowest BCUT2D eigenvalue weighted by molar-refractivity contribution is 0.0232. The molecule has 3 nitrogen and oxygen atoms in total. The third kappa shape index (κ3) is 2.98. The average Bonchev–Trinajstić information content (AvgIpc) is 2.50. The first-order valence-corrected chi connectivity index (χ1v) is 7.88. The van der Waals surface area contributed by atoms with Gasteiger partial charge in [-0.15, -0.1) is 0 Å². The summed E-state index contributed by atoms with van der Waals surface area (Å²) in [5.74, 6) is 0.680. The van der Waals surface area contributed by atoms with Crippen LogP contribution in [0.3, 0.4) is 0 Å². The molecule has 0 saturated heterocycles. The van der Waals surface area contributed by atoms with Gasteiger partial charge in [0.2, 0.25) is 0 Å². The van der Waals surface area contributed by atoms with Crippen molar-refractivity contribution in [3.05, 3.63) is 0 Å². The number of nitrogens with two attached hydrogens (primary N) is 1. The van der Waals surface area contributed by atoms with Crippen molar-refractivity contribution in [2.45, 2.75) is 57.5 Å². The predicted molar refractivity (Wildman–Crippen MR) is 82.2 cm³/mol. The molecule has 0 aromatic heterocycles. The first kappa shape index (κ1) is 15.3. The summed E-state index contributed by atoms with van der Waals surface area (Å²) >= 11 is 0. The first-order chi connectivity index (χ1) is 8.77. The molecule has 112 valence electrons. The van der Waals surface area contributed by atoms with Crippen LogP contribution >= 0.6 is 0 Å². The van der Waals surface area contributed by atoms with E-state index in [1.165, 1.54) is 45.2 Å². The Balaban J connectivity index is 1.87. The minimum Gasteiger partial charge on any atom is -0.327 e. The molecular formula is C16H33N3. The normalized spacial score (nSPS) is 32.8. The van der Waals surface area contributed by atoms with Gasteiger partial charge in [0.05, 0.1) is 0 Å². The van der Waals surface area contributed by atoms with Crippen molar-refractivity contribution in [2.75, 3.05) is 34.2 Å². The fraction of sp³-hybridized carbons (Fsp3) is 1.00. The molecule has 2 fully saturated rings. The lowest BCUT2D eigenvalue weighted by Crippen LogP contribution is -2.57. The smallest absolute Gasteiger partial charge is 0.0330 e. The lowest BCUT2D eigenvalue weighted by Gasteiger charge is -2.49. The Hall–Kier alpha value is -0.120. The van der Waals surface area contributed by atoms with Gasteiger partial charge in [-0.3, -0.25) is 0 Å². The van der Waals surface area contributed by atoms with E-state index >= 15 is 0 Å². The molecule has 0 spiro atoms. The zero-order valence-corrected chi connectivity index (χ0v) is 13.6. The topological polar surface area (TPSA) is 32.5 Å². The molecule has 0 aromatic carbocycles. The van der Waals surface area contributed by atoms with Crippen molar-refractivity contribution in [1.29, 1.82) is 0 Å². The van der Waals surface area contributed by atoms with Crippen LogP contribution in [0.15, 0.2) is 0 Å². The lowest BCUT2D eigenvalue weighted by atomic mass is 9.75. The van der Waals surface area contributed by atoms with Crippen molar-refractivity contribution in [3.8, 4) is 0 Å². The Morgan fingerprint density at radius 3 is 2.11 bits per heavy atom. The predicted octanol–water partition coefficient (Wildman–Crippen LogP) is 2.17. The maximum Gasteiger partial charge on any atom is 0.0330 e. The van der Waals surface area contributed by atoms with Gasteiger partial charge < -0.3 is 15.5 Å². The van der Waals surface area contributed by atoms with Gasteiger partial charge >= 0.3 is 0 Å². The summed E-state index contributed by atoms with van der Waals surface area (Å²) < 4.78 is 0. The highest BCUT2D eigenvalue weighted by molar-refractivity contribution is 4.99. The van der Waals surface area contributed by atoms with Gasteiger partial charge in [-0.2, -0.15) is 0 Å². The van der Waals surface area contributed by atoms with Crippen molar-refractivity contribution < 1.29 is 0 Å². The second-order valence-corrected chi connectivity index (χ2v) is 7.98. The minimum atomic E-state index is 0.335. The summed E-state index contributed by atoms with van der Waals surface area (Å²) in [5, 5.41) is 0. The maximum atomic E-state index is 6.44. The van der Waals surface area contributed by atoms with E-state index in [4.69, 9.17) is 5.73 Å². The molecule has 0 bridgehead atoms. The number of nitrogens with zero attached hydrogens (tertiary/aromatic N) is 2. The highest BCUT2D eigenvalue weighted by atomic mass is 15.2. The Bertz CT molecular complexity index is 307. The number of hydrogen-bond acceptors (Lipinski definition) is 3. The Morgan fingerprint density at radius 2 is 1.74 bits per heavy atom. The van der Waals surface area contributed by atoms with Gasteiger partial charge in [0.25, 0.3) is 0 Å². The third-order valence-corrected chi connectivity index (χ3v) is 5.91. The van der Waals surface area contributed by atoms with E-state index in [2.05, 4.69) is 44.8 Å². The van der Waals surface area contributed by atoms with Crippen LogP contribution in [0, 0.1) is 11.3 Å². The molecular weight excluding hydrogens is 234 g/mol. The summed E-state index contributed by atoms with van der Waals surface area (Å²) in [4.78, 5) is 4.97. The van der Waals surface area contributed by atoms with Gasteiger partial charge in [0, 0.05) is 24.7 Å². The SMILES string of the molecule is CN(CC1CCC(C)(C)C1N)CC1(N(C)C)CCC1. The molecule has 19 heavy (non-hydrogen) atoms. The van der Waals surface area contributed by atoms with Gasteiger partial charge in [-0.05, 0) is 64.6 Å². The molecule has 2 aliphatic rings. The van der Waals surface area contributed by atoms with Gasteiger partial charge in [0.1, 0.15) is 0 Å². The largest absolute Gasteiger partial charge is 0.327 e. The molecule has 0 aromatic rings. The van der Waals surface area contributed by atoms with E-state index in [1.807, 2.05) is 0 Å². The molecule has 2 atom stereocenters. The summed E-state index contributed by atoms with van der Waals surface area (Å²) in [7, 11) is 6.75. The fourth-order valence-corrected chi connectivity index (χ4v) is 4.05. The third-order valence-electron chi connectivity index (χ3n) is 5.91. The van der Waals surface area contributed by atoms with Crippen LogP contribution < -0.4 is 5.73 Å². The fourth-order valence-electron chi connectivity index (χ4n) is 4.05. The van der Waals surface area contributed by atoms with E-state index in [-0.39, 0.29) is 0 Å². The molecule has 0 aliphatic heterocycles. The zero-order valence-electron chi connectivity index (χ0n) is 13.6. The van der Waals surface area contributed by atoms with Crippen molar-refractivity contribution in [3.63, 3.8) is 0 Å². The first-order valence-electron chi connectivity index (χ1n) is 7.88. The Morgan fingerprint density at radius 1 is 1.11 bits per heavy atom. The van der Waals surface area contributed by atoms with E-state index in [9.17, 15) is 0 Å². The molecule has 3 heteroatoms. The van der Waals surface area contributed by atoms with Gasteiger partial charge in [-0.25, -0.2) is 0 Å². The van der Waals surface area contributed by atoms with Crippen molar-refractivity contribution in [2.24, 2.45) is 17.1 Å². The maximum absolute atomic E-state index is 6.44. The quantitative estimate of drug-likeness (QED) is 0.828. The molecule has 2 rings (SSSR count). The van der Waals surface area contributed by atoms with Crippen LogP contribution in [-0.2, 0) is 0 Å². The Kier molecular flexibility index (Phi) is 4.29. The van der Waals surface area contributed by atoms with E-state index in [1.54, 1.807) is 0 Å². The average molecular weight is 267 g/mol. The van der Waals surface area contributed by atoms with Crippen molar-refractivity contribution >= 4 is 0 Å². The number of hydrogen-bond donors (Lipinski definition) is 1. The van der Waals surface area contributed by atoms with Crippen LogP contribution in [-0.4, -0.2) is 55.6 Å². The Labute approximate surface area is 119 Å². The summed E-state index contributed by atoms with van der Waals surface area (Å²) in [6, 6.07) is 0.367. The number of likely N-dealkylation sites (N-methyl/N-ethyl adjacent to an activating group) is 2. The molecule has 2 aliphatic carbocycles. The molecule has 2 unspecified atom stereocenters. The van der Waals surface area contributed by atoms with E-state index < -0.39 is 0 Å². The van der Waals surface area contributed by atoms with E-state index in [0.29, 0.717) is 22.9 Å². The molecule has 2 N–H and O–H groups in total. The van der Waals surface area contributed by atoms with Gasteiger partial charge in [0.15, 0.2) is 0 Å². The van der Waals surface area contributed by atoms with Crippen molar-refractivity contribution in [1.82, 2.24) is 9.80 Å². The molecule has 0 amide bonds. The highest BCUT2D eigenvalue weighted by Gasteiger charge is 2.42. The molecule has 0 heterocycles. The van der Waals surface area contributed by atoms with E-state index in [0.717, 1.165) is 0 Å². The number of rotatable bonds is 5. The van der Waals surface area contributed by atoms with Crippen LogP contribution in [0.5, 0.6) is 0 Å². The zero-order chi connectivity index (χ0) is 14.3. The minimum absolute atomic E-state index is 0.335. The highest BCUT2D eigenvalue weighted by Crippen LogP contribution is 2.41. The van der Waals surface area contributed by atoms with Crippen LogP contribution in [0.4, 0.5) is 0 Å². The molecule has 0 radical (unpaired) electrons. The summed E-state index contributed by atoms with van der Waals surface area (Å²) in [5.41, 5.74) is 7.21. The monoisotopic (exact) mass is 267 g/mol. The second kappa shape index (κ2) is 5.34. The summed E-state index contributed by atoms with van der Waals surface area (Å²) in [6.45, 7) is 7.01. The van der Waals surface area contributed by atoms with Gasteiger partial charge in [-0.1, -0.05) is 13.8 Å². The van der Waals surface area contributed by atoms with Crippen LogP contribution in [0.25, 0.3) is 0 Å².